The van der Waals surface area contributed by atoms with Crippen molar-refractivity contribution in [1.29, 1.82) is 0 Å². The van der Waals surface area contributed by atoms with Gasteiger partial charge in [0.1, 0.15) is 37.1 Å². The van der Waals surface area contributed by atoms with Gasteiger partial charge >= 0.3 is 36.0 Å². The van der Waals surface area contributed by atoms with Crippen LogP contribution in [0.5, 0.6) is 0 Å². The fraction of sp³-hybridized carbons (Fsp3) is 0.311. The molecular weight excluding hydrogens is 1070 g/mol. The predicted molar refractivity (Wildman–Crippen MR) is 284 cm³/mol. The summed E-state index contributed by atoms with van der Waals surface area (Å²) in [6, 6.07) is 48.0. The van der Waals surface area contributed by atoms with Crippen molar-refractivity contribution in [2.45, 2.75) is 94.1 Å². The molecular formula is C61H59F3N2O16. The highest BCUT2D eigenvalue weighted by molar-refractivity contribution is 5.91. The van der Waals surface area contributed by atoms with Crippen LogP contribution in [0.4, 0.5) is 13.2 Å². The number of benzene rings is 6. The Hall–Kier alpha value is -8.31. The van der Waals surface area contributed by atoms with Crippen LogP contribution in [0.25, 0.3) is 0 Å². The molecule has 2 aliphatic heterocycles. The smallest absolute Gasteiger partial charge is 0.459 e. The molecule has 2 amide bonds. The van der Waals surface area contributed by atoms with Crippen LogP contribution in [0.3, 0.4) is 0 Å². The van der Waals surface area contributed by atoms with Crippen LogP contribution in [-0.2, 0) is 70.2 Å². The fourth-order valence-electron chi connectivity index (χ4n) is 8.93. The molecule has 6 aromatic carbocycles. The summed E-state index contributed by atoms with van der Waals surface area (Å²) >= 11 is 0. The number of hydrogen-bond donors (Lipinski definition) is 2. The monoisotopic (exact) mass is 1130 g/mol. The number of carbonyl (C=O) groups is 6. The Bertz CT molecular complexity index is 3000. The Morgan fingerprint density at radius 2 is 0.927 bits per heavy atom. The Morgan fingerprint density at radius 1 is 0.488 bits per heavy atom. The van der Waals surface area contributed by atoms with Crippen molar-refractivity contribution in [1.82, 2.24) is 10.6 Å². The van der Waals surface area contributed by atoms with E-state index < -0.39 is 116 Å². The standard InChI is InChI=1S/C61H59F3N2O16/c1-39(67)66-48-51(75-36-41-23-10-3-11-24-41)49(46(37-73-35-40-21-8-2-9-22-40)77-58(48)74-34-20-33-65-60(72)61(62,63)64)82-59-53(81-57(71)45-31-18-7-19-32-45)52(80-56(70)44-29-16-6-17-30-44)50(79-55(69)43-27-14-5-15-28-43)47(78-59)38-76-54(68)42-25-12-4-13-26-42/h2-19,21-32,46-53,58-59H,20,33-38H2,1H3,(H,65,72)(H,66,67)/t46-,47-,48-,49-,50+,51-,52+,53-,58-,59+/m1/s1. The third kappa shape index (κ3) is 16.9. The highest BCUT2D eigenvalue weighted by Crippen LogP contribution is 2.36. The molecule has 430 valence electrons. The van der Waals surface area contributed by atoms with Gasteiger partial charge in [0.2, 0.25) is 5.91 Å². The minimum Gasteiger partial charge on any atom is -0.459 e. The summed E-state index contributed by atoms with van der Waals surface area (Å²) in [6.45, 7) is -0.650. The Balaban J connectivity index is 1.24. The summed E-state index contributed by atoms with van der Waals surface area (Å²) in [5, 5.41) is 4.62. The lowest BCUT2D eigenvalue weighted by molar-refractivity contribution is -0.351. The van der Waals surface area contributed by atoms with Crippen molar-refractivity contribution >= 4 is 35.7 Å². The van der Waals surface area contributed by atoms with Gasteiger partial charge in [0, 0.05) is 13.5 Å². The van der Waals surface area contributed by atoms with E-state index >= 15 is 0 Å². The average Bonchev–Trinajstić information content (AvgIpc) is 3.55. The highest BCUT2D eigenvalue weighted by Gasteiger charge is 2.57. The Morgan fingerprint density at radius 3 is 1.43 bits per heavy atom. The van der Waals surface area contributed by atoms with Crippen LogP contribution in [0, 0.1) is 0 Å². The predicted octanol–water partition coefficient (Wildman–Crippen LogP) is 7.75. The van der Waals surface area contributed by atoms with E-state index in [1.54, 1.807) is 108 Å². The van der Waals surface area contributed by atoms with Crippen molar-refractivity contribution in [2.75, 3.05) is 26.4 Å². The van der Waals surface area contributed by atoms with Gasteiger partial charge in [-0.25, -0.2) is 19.2 Å². The molecule has 82 heavy (non-hydrogen) atoms. The van der Waals surface area contributed by atoms with Gasteiger partial charge in [-0.2, -0.15) is 13.2 Å². The van der Waals surface area contributed by atoms with Crippen LogP contribution >= 0.6 is 0 Å². The second-order valence-corrected chi connectivity index (χ2v) is 18.8. The molecule has 0 aromatic heterocycles. The highest BCUT2D eigenvalue weighted by atomic mass is 19.4. The average molecular weight is 1130 g/mol. The molecule has 8 rings (SSSR count). The van der Waals surface area contributed by atoms with Crippen LogP contribution in [-0.4, -0.2) is 130 Å². The van der Waals surface area contributed by atoms with E-state index in [2.05, 4.69) is 5.32 Å². The first-order chi connectivity index (χ1) is 39.7. The number of carbonyl (C=O) groups excluding carboxylic acids is 6. The molecule has 10 atom stereocenters. The largest absolute Gasteiger partial charge is 0.471 e. The molecule has 2 saturated heterocycles. The molecule has 0 aliphatic carbocycles. The van der Waals surface area contributed by atoms with Crippen LogP contribution < -0.4 is 10.6 Å². The van der Waals surface area contributed by atoms with E-state index in [1.807, 2.05) is 30.3 Å². The maximum absolute atomic E-state index is 14.5. The summed E-state index contributed by atoms with van der Waals surface area (Å²) < 4.78 is 104. The zero-order valence-electron chi connectivity index (χ0n) is 44.2. The Kier molecular flexibility index (Phi) is 21.5. The summed E-state index contributed by atoms with van der Waals surface area (Å²) in [4.78, 5) is 81.9. The lowest BCUT2D eigenvalue weighted by Gasteiger charge is -2.49. The van der Waals surface area contributed by atoms with Crippen molar-refractivity contribution < 1.29 is 89.3 Å². The van der Waals surface area contributed by atoms with Gasteiger partial charge in [0.05, 0.1) is 48.7 Å². The molecule has 0 bridgehead atoms. The van der Waals surface area contributed by atoms with Gasteiger partial charge in [-0.3, -0.25) is 9.59 Å². The summed E-state index contributed by atoms with van der Waals surface area (Å²) in [6.07, 6.45) is -19.8. The summed E-state index contributed by atoms with van der Waals surface area (Å²) in [5.74, 6) is -6.43. The molecule has 6 aromatic rings. The molecule has 0 saturated carbocycles. The third-order valence-electron chi connectivity index (χ3n) is 12.9. The third-order valence-corrected chi connectivity index (χ3v) is 12.9. The van der Waals surface area contributed by atoms with Gasteiger partial charge < -0.3 is 58.0 Å². The van der Waals surface area contributed by atoms with Crippen LogP contribution in [0.1, 0.15) is 65.9 Å². The van der Waals surface area contributed by atoms with Gasteiger partial charge in [0.25, 0.3) is 0 Å². The molecule has 0 unspecified atom stereocenters. The Labute approximate surface area is 470 Å². The minimum atomic E-state index is -5.13. The second kappa shape index (κ2) is 29.4. The van der Waals surface area contributed by atoms with Gasteiger partial charge in [-0.1, -0.05) is 133 Å². The number of ether oxygens (including phenoxy) is 10. The zero-order valence-corrected chi connectivity index (χ0v) is 44.2. The topological polar surface area (TPSA) is 219 Å². The normalized spacial score (nSPS) is 22.4. The van der Waals surface area contributed by atoms with Crippen molar-refractivity contribution in [3.05, 3.63) is 215 Å². The lowest BCUT2D eigenvalue weighted by atomic mass is 9.94. The van der Waals surface area contributed by atoms with Gasteiger partial charge in [0.15, 0.2) is 30.9 Å². The second-order valence-electron chi connectivity index (χ2n) is 18.8. The van der Waals surface area contributed by atoms with E-state index in [9.17, 15) is 41.9 Å². The SMILES string of the molecule is CC(=O)N[C@H]1[C@H](OCCCNC(=O)C(F)(F)F)O[C@H](COCc2ccccc2)[C@@H](O[C@@H]2O[C@H](COC(=O)c3ccccc3)[C@H](OC(=O)c3ccccc3)[C@H](OC(=O)c3ccccc3)[C@H]2OC(=O)c2ccccc2)[C@@H]1OCc1ccccc1. The van der Waals surface area contributed by atoms with Crippen molar-refractivity contribution in [3.8, 4) is 0 Å². The number of amides is 2. The molecule has 18 nitrogen and oxygen atoms in total. The first-order valence-electron chi connectivity index (χ1n) is 26.2. The van der Waals surface area contributed by atoms with E-state index in [-0.39, 0.29) is 55.1 Å². The molecule has 2 aliphatic rings. The number of halogens is 3. The zero-order chi connectivity index (χ0) is 57.8. The molecule has 21 heteroatoms. The maximum atomic E-state index is 14.5. The van der Waals surface area contributed by atoms with E-state index in [0.29, 0.717) is 5.56 Å². The van der Waals surface area contributed by atoms with Gasteiger partial charge in [-0.15, -0.1) is 0 Å². The van der Waals surface area contributed by atoms with Gasteiger partial charge in [-0.05, 0) is 66.1 Å². The molecule has 2 N–H and O–H groups in total. The van der Waals surface area contributed by atoms with Crippen molar-refractivity contribution in [3.63, 3.8) is 0 Å². The summed E-state index contributed by atoms with van der Waals surface area (Å²) in [7, 11) is 0. The minimum absolute atomic E-state index is 0.0284. The van der Waals surface area contributed by atoms with E-state index in [4.69, 9.17) is 47.4 Å². The summed E-state index contributed by atoms with van der Waals surface area (Å²) in [5.41, 5.74) is 1.70. The lowest BCUT2D eigenvalue weighted by Crippen LogP contribution is -2.69. The number of esters is 4. The quantitative estimate of drug-likeness (QED) is 0.0336. The molecule has 2 heterocycles. The van der Waals surface area contributed by atoms with Crippen LogP contribution in [0.15, 0.2) is 182 Å². The number of alkyl halides is 3. The maximum Gasteiger partial charge on any atom is 0.471 e. The molecule has 0 radical (unpaired) electrons. The number of nitrogens with one attached hydrogen (secondary N) is 2. The van der Waals surface area contributed by atoms with Crippen LogP contribution in [0.2, 0.25) is 0 Å². The first-order valence-corrected chi connectivity index (χ1v) is 26.2. The van der Waals surface area contributed by atoms with Crippen molar-refractivity contribution in [2.24, 2.45) is 0 Å². The number of hydrogen-bond acceptors (Lipinski definition) is 16. The number of rotatable bonds is 24. The fourth-order valence-corrected chi connectivity index (χ4v) is 8.93. The first kappa shape index (κ1) is 59.8. The molecule has 2 fully saturated rings. The van der Waals surface area contributed by atoms with E-state index in [0.717, 1.165) is 5.56 Å². The van der Waals surface area contributed by atoms with E-state index in [1.165, 1.54) is 55.5 Å². The molecule has 0 spiro atoms.